The summed E-state index contributed by atoms with van der Waals surface area (Å²) in [5, 5.41) is 47.6. The number of fused-ring (bicyclic) bond motifs is 1. The zero-order valence-electron chi connectivity index (χ0n) is 13.0. The second-order valence-corrected chi connectivity index (χ2v) is 5.61. The Hall–Kier alpha value is -2.97. The second kappa shape index (κ2) is 6.74. The molecule has 10 heteroatoms. The minimum atomic E-state index is -1.83. The number of carboxylic acids is 1. The van der Waals surface area contributed by atoms with E-state index in [0.29, 0.717) is 5.39 Å². The molecule has 1 aliphatic heterocycles. The zero-order valence-corrected chi connectivity index (χ0v) is 13.0. The minimum Gasteiger partial charge on any atom is -0.479 e. The third-order valence-electron chi connectivity index (χ3n) is 3.89. The number of aliphatic carboxylic acids is 1. The summed E-state index contributed by atoms with van der Waals surface area (Å²) in [5.41, 5.74) is -0.915. The van der Waals surface area contributed by atoms with Gasteiger partial charge in [0, 0.05) is 11.5 Å². The number of aliphatic hydroxyl groups is 3. The van der Waals surface area contributed by atoms with Gasteiger partial charge in [-0.05, 0) is 18.2 Å². The fourth-order valence-corrected chi connectivity index (χ4v) is 2.53. The van der Waals surface area contributed by atoms with Crippen LogP contribution < -0.4 is 10.4 Å². The number of nitriles is 1. The van der Waals surface area contributed by atoms with Gasteiger partial charge >= 0.3 is 11.6 Å². The predicted octanol–water partition coefficient (Wildman–Crippen LogP) is -1.06. The molecule has 2 heterocycles. The largest absolute Gasteiger partial charge is 0.479 e. The zero-order chi connectivity index (χ0) is 19.0. The molecule has 0 spiro atoms. The third kappa shape index (κ3) is 3.12. The first-order valence-electron chi connectivity index (χ1n) is 7.39. The van der Waals surface area contributed by atoms with E-state index in [1.807, 2.05) is 0 Å². The maximum absolute atomic E-state index is 11.6. The average Bonchev–Trinajstić information content (AvgIpc) is 2.61. The monoisotopic (exact) mass is 363 g/mol. The predicted molar refractivity (Wildman–Crippen MR) is 82.1 cm³/mol. The van der Waals surface area contributed by atoms with Gasteiger partial charge in [0.2, 0.25) is 6.29 Å². The average molecular weight is 363 g/mol. The summed E-state index contributed by atoms with van der Waals surface area (Å²) in [4.78, 5) is 22.7. The molecule has 0 unspecified atom stereocenters. The van der Waals surface area contributed by atoms with E-state index < -0.39 is 42.3 Å². The molecule has 1 aromatic carbocycles. The van der Waals surface area contributed by atoms with Crippen molar-refractivity contribution in [1.29, 1.82) is 5.26 Å². The van der Waals surface area contributed by atoms with Gasteiger partial charge < -0.3 is 34.3 Å². The van der Waals surface area contributed by atoms with E-state index in [4.69, 9.17) is 24.3 Å². The number of aliphatic hydroxyl groups excluding tert-OH is 3. The summed E-state index contributed by atoms with van der Waals surface area (Å²) in [7, 11) is 0. The molecule has 0 radical (unpaired) electrons. The molecule has 0 amide bonds. The van der Waals surface area contributed by atoms with Crippen molar-refractivity contribution in [3.63, 3.8) is 0 Å². The van der Waals surface area contributed by atoms with Crippen molar-refractivity contribution < 1.29 is 39.1 Å². The molecule has 3 rings (SSSR count). The van der Waals surface area contributed by atoms with Crippen molar-refractivity contribution in [2.45, 2.75) is 30.7 Å². The lowest BCUT2D eigenvalue weighted by Crippen LogP contribution is -2.61. The molecular weight excluding hydrogens is 350 g/mol. The van der Waals surface area contributed by atoms with Crippen molar-refractivity contribution >= 4 is 16.9 Å². The number of hydrogen-bond donors (Lipinski definition) is 4. The molecule has 0 aliphatic carbocycles. The van der Waals surface area contributed by atoms with Crippen LogP contribution in [0, 0.1) is 11.3 Å². The van der Waals surface area contributed by atoms with Crippen molar-refractivity contribution in [3.8, 4) is 11.8 Å². The van der Waals surface area contributed by atoms with Gasteiger partial charge in [-0.3, -0.25) is 0 Å². The molecule has 136 valence electrons. The van der Waals surface area contributed by atoms with Gasteiger partial charge in [0.25, 0.3) is 0 Å². The molecule has 26 heavy (non-hydrogen) atoms. The Morgan fingerprint density at radius 1 is 1.15 bits per heavy atom. The van der Waals surface area contributed by atoms with Crippen molar-refractivity contribution in [1.82, 2.24) is 0 Å². The molecule has 4 N–H and O–H groups in total. The summed E-state index contributed by atoms with van der Waals surface area (Å²) in [6.07, 6.45) is -8.73. The summed E-state index contributed by atoms with van der Waals surface area (Å²) in [6.45, 7) is 0. The van der Waals surface area contributed by atoms with Crippen LogP contribution in [0.4, 0.5) is 0 Å². The Bertz CT molecular complexity index is 947. The number of rotatable bonds is 3. The second-order valence-electron chi connectivity index (χ2n) is 5.61. The van der Waals surface area contributed by atoms with Crippen LogP contribution in [0.25, 0.3) is 11.0 Å². The molecule has 1 aliphatic rings. The molecule has 1 saturated heterocycles. The van der Waals surface area contributed by atoms with Crippen molar-refractivity contribution in [2.24, 2.45) is 0 Å². The third-order valence-corrected chi connectivity index (χ3v) is 3.89. The summed E-state index contributed by atoms with van der Waals surface area (Å²) in [6, 6.07) is 7.20. The highest BCUT2D eigenvalue weighted by atomic mass is 16.7. The van der Waals surface area contributed by atoms with Crippen molar-refractivity contribution in [2.75, 3.05) is 0 Å². The van der Waals surface area contributed by atoms with Gasteiger partial charge in [0.15, 0.2) is 6.10 Å². The Labute approximate surface area is 145 Å². The first-order chi connectivity index (χ1) is 12.3. The molecule has 1 fully saturated rings. The lowest BCUT2D eigenvalue weighted by atomic mass is 9.99. The van der Waals surface area contributed by atoms with Gasteiger partial charge in [-0.25, -0.2) is 9.59 Å². The van der Waals surface area contributed by atoms with E-state index >= 15 is 0 Å². The van der Waals surface area contributed by atoms with Crippen LogP contribution in [-0.2, 0) is 9.53 Å². The van der Waals surface area contributed by atoms with Crippen LogP contribution in [0.3, 0.4) is 0 Å². The van der Waals surface area contributed by atoms with Gasteiger partial charge in [-0.15, -0.1) is 0 Å². The lowest BCUT2D eigenvalue weighted by molar-refractivity contribution is -0.271. The highest BCUT2D eigenvalue weighted by Gasteiger charge is 2.48. The minimum absolute atomic E-state index is 0.0436. The SMILES string of the molecule is N#Cc1cc2ccc(O[C@@H]3O[C@H](C(=O)O)[C@@H](O)[C@H](O)[C@H]3O)cc2oc1=O. The summed E-state index contributed by atoms with van der Waals surface area (Å²) < 4.78 is 15.3. The van der Waals surface area contributed by atoms with Crippen LogP contribution in [0.2, 0.25) is 0 Å². The van der Waals surface area contributed by atoms with Gasteiger partial charge in [-0.2, -0.15) is 5.26 Å². The Morgan fingerprint density at radius 3 is 2.54 bits per heavy atom. The quantitative estimate of drug-likeness (QED) is 0.492. The number of carbonyl (C=O) groups is 1. The van der Waals surface area contributed by atoms with E-state index in [-0.39, 0.29) is 16.9 Å². The van der Waals surface area contributed by atoms with Crippen molar-refractivity contribution in [3.05, 3.63) is 40.2 Å². The number of hydrogen-bond acceptors (Lipinski definition) is 9. The van der Waals surface area contributed by atoms with Crippen LogP contribution in [0.1, 0.15) is 5.56 Å². The van der Waals surface area contributed by atoms with E-state index in [9.17, 15) is 24.9 Å². The Morgan fingerprint density at radius 2 is 1.88 bits per heavy atom. The maximum Gasteiger partial charge on any atom is 0.354 e. The summed E-state index contributed by atoms with van der Waals surface area (Å²) in [5.74, 6) is -1.49. The fraction of sp³-hybridized carbons (Fsp3) is 0.312. The van der Waals surface area contributed by atoms with E-state index in [2.05, 4.69) is 0 Å². The molecule has 0 saturated carbocycles. The lowest BCUT2D eigenvalue weighted by Gasteiger charge is -2.38. The number of ether oxygens (including phenoxy) is 2. The Balaban J connectivity index is 1.89. The van der Waals surface area contributed by atoms with Crippen LogP contribution in [0.15, 0.2) is 33.5 Å². The van der Waals surface area contributed by atoms with Gasteiger partial charge in [-0.1, -0.05) is 0 Å². The topological polar surface area (TPSA) is 170 Å². The molecule has 0 bridgehead atoms. The van der Waals surface area contributed by atoms with Gasteiger partial charge in [0.1, 0.15) is 41.3 Å². The number of carboxylic acid groups (broad SMARTS) is 1. The first-order valence-corrected chi connectivity index (χ1v) is 7.39. The first kappa shape index (κ1) is 17.8. The molecule has 10 nitrogen and oxygen atoms in total. The normalized spacial score (nSPS) is 28.5. The highest BCUT2D eigenvalue weighted by Crippen LogP contribution is 2.26. The van der Waals surface area contributed by atoms with E-state index in [0.717, 1.165) is 0 Å². The molecule has 1 aromatic heterocycles. The smallest absolute Gasteiger partial charge is 0.354 e. The van der Waals surface area contributed by atoms with Crippen LogP contribution in [-0.4, -0.2) is 57.1 Å². The van der Waals surface area contributed by atoms with Gasteiger partial charge in [0.05, 0.1) is 0 Å². The number of benzene rings is 1. The van der Waals surface area contributed by atoms with Crippen LogP contribution in [0.5, 0.6) is 5.75 Å². The maximum atomic E-state index is 11.6. The van der Waals surface area contributed by atoms with E-state index in [1.54, 1.807) is 6.07 Å². The summed E-state index contributed by atoms with van der Waals surface area (Å²) >= 11 is 0. The molecule has 2 aromatic rings. The Kier molecular flexibility index (Phi) is 4.62. The van der Waals surface area contributed by atoms with E-state index in [1.165, 1.54) is 24.3 Å². The highest BCUT2D eigenvalue weighted by molar-refractivity contribution is 5.79. The number of nitrogens with zero attached hydrogens (tertiary/aromatic N) is 1. The van der Waals surface area contributed by atoms with Crippen LogP contribution >= 0.6 is 0 Å². The fourth-order valence-electron chi connectivity index (χ4n) is 2.53. The molecule has 5 atom stereocenters. The molecular formula is C16H13NO9. The standard InChI is InChI=1S/C16H13NO9/c17-5-7-3-6-1-2-8(4-9(6)25-15(7)23)24-16-12(20)10(18)11(19)13(26-16)14(21)22/h1-4,10-13,16,18-20H,(H,21,22)/t10-,11-,12+,13-,16+/m0/s1.